The van der Waals surface area contributed by atoms with E-state index in [-0.39, 0.29) is 11.8 Å². The van der Waals surface area contributed by atoms with Crippen LogP contribution in [0.3, 0.4) is 0 Å². The third-order valence-electron chi connectivity index (χ3n) is 4.83. The van der Waals surface area contributed by atoms with Gasteiger partial charge in [0.15, 0.2) is 0 Å². The first-order chi connectivity index (χ1) is 11.2. The second-order valence-electron chi connectivity index (χ2n) is 6.45. The summed E-state index contributed by atoms with van der Waals surface area (Å²) in [4.78, 5) is 26.7. The number of hydrogen-bond donors (Lipinski definition) is 2. The maximum atomic E-state index is 12.6. The van der Waals surface area contributed by atoms with Crippen LogP contribution in [0.1, 0.15) is 31.7 Å². The molecular weight excluding hydrogens is 290 g/mol. The number of para-hydroxylation sites is 1. The SMILES string of the molecule is CCC(C(=O)NC[C@@H]1CCCNC1)N1C(=O)Cc2ccccc21. The van der Waals surface area contributed by atoms with E-state index in [2.05, 4.69) is 10.6 Å². The monoisotopic (exact) mass is 315 g/mol. The molecule has 2 aliphatic rings. The van der Waals surface area contributed by atoms with Crippen LogP contribution in [0.4, 0.5) is 5.69 Å². The number of carbonyl (C=O) groups is 2. The highest BCUT2D eigenvalue weighted by Crippen LogP contribution is 2.31. The molecule has 2 N–H and O–H groups in total. The number of amides is 2. The number of nitrogens with one attached hydrogen (secondary N) is 2. The minimum absolute atomic E-state index is 0.0209. The van der Waals surface area contributed by atoms with Gasteiger partial charge >= 0.3 is 0 Å². The Labute approximate surface area is 137 Å². The second kappa shape index (κ2) is 7.13. The highest BCUT2D eigenvalue weighted by Gasteiger charge is 2.35. The molecule has 5 nitrogen and oxygen atoms in total. The standard InChI is InChI=1S/C18H25N3O2/c1-2-15(18(23)20-12-13-6-5-9-19-11-13)21-16-8-4-3-7-14(16)10-17(21)22/h3-4,7-8,13,15,19H,2,5-6,9-12H2,1H3,(H,20,23)/t13-,15?/m1/s1. The fourth-order valence-corrected chi connectivity index (χ4v) is 3.57. The quantitative estimate of drug-likeness (QED) is 0.865. The third kappa shape index (κ3) is 3.39. The zero-order valence-corrected chi connectivity index (χ0v) is 13.7. The Hall–Kier alpha value is -1.88. The molecule has 1 aromatic carbocycles. The summed E-state index contributed by atoms with van der Waals surface area (Å²) in [7, 11) is 0. The van der Waals surface area contributed by atoms with Crippen molar-refractivity contribution in [3.05, 3.63) is 29.8 Å². The van der Waals surface area contributed by atoms with Crippen LogP contribution in [0.5, 0.6) is 0 Å². The lowest BCUT2D eigenvalue weighted by Crippen LogP contribution is -2.50. The van der Waals surface area contributed by atoms with E-state index in [0.717, 1.165) is 37.2 Å². The maximum Gasteiger partial charge on any atom is 0.243 e. The molecule has 1 fully saturated rings. The predicted molar refractivity (Wildman–Crippen MR) is 90.3 cm³/mol. The lowest BCUT2D eigenvalue weighted by molar-refractivity contribution is -0.126. The normalized spacial score (nSPS) is 21.9. The molecular formula is C18H25N3O2. The molecule has 2 aliphatic heterocycles. The van der Waals surface area contributed by atoms with Crippen molar-refractivity contribution in [3.63, 3.8) is 0 Å². The minimum Gasteiger partial charge on any atom is -0.354 e. The van der Waals surface area contributed by atoms with Crippen molar-refractivity contribution in [2.45, 2.75) is 38.6 Å². The largest absolute Gasteiger partial charge is 0.354 e. The number of nitrogens with zero attached hydrogens (tertiary/aromatic N) is 1. The molecule has 0 radical (unpaired) electrons. The summed E-state index contributed by atoms with van der Waals surface area (Å²) in [5.41, 5.74) is 1.90. The van der Waals surface area contributed by atoms with Crippen LogP contribution >= 0.6 is 0 Å². The number of anilines is 1. The van der Waals surface area contributed by atoms with Crippen molar-refractivity contribution in [1.82, 2.24) is 10.6 Å². The minimum atomic E-state index is -0.414. The van der Waals surface area contributed by atoms with Gasteiger partial charge in [0.05, 0.1) is 6.42 Å². The van der Waals surface area contributed by atoms with Crippen molar-refractivity contribution in [2.24, 2.45) is 5.92 Å². The van der Waals surface area contributed by atoms with Crippen LogP contribution in [0.15, 0.2) is 24.3 Å². The van der Waals surface area contributed by atoms with Crippen LogP contribution < -0.4 is 15.5 Å². The molecule has 0 spiro atoms. The Morgan fingerprint density at radius 2 is 2.26 bits per heavy atom. The molecule has 1 aromatic rings. The summed E-state index contributed by atoms with van der Waals surface area (Å²) in [6.45, 7) is 4.68. The topological polar surface area (TPSA) is 61.4 Å². The van der Waals surface area contributed by atoms with Gasteiger partial charge in [0, 0.05) is 12.2 Å². The average Bonchev–Trinajstić information content (AvgIpc) is 2.91. The van der Waals surface area contributed by atoms with Gasteiger partial charge in [0.2, 0.25) is 11.8 Å². The molecule has 1 saturated heterocycles. The molecule has 5 heteroatoms. The van der Waals surface area contributed by atoms with E-state index >= 15 is 0 Å². The molecule has 2 amide bonds. The van der Waals surface area contributed by atoms with E-state index in [1.807, 2.05) is 31.2 Å². The first-order valence-corrected chi connectivity index (χ1v) is 8.59. The zero-order valence-electron chi connectivity index (χ0n) is 13.7. The number of fused-ring (bicyclic) bond motifs is 1. The Bertz CT molecular complexity index is 581. The summed E-state index contributed by atoms with van der Waals surface area (Å²) in [6, 6.07) is 7.34. The number of rotatable bonds is 5. The van der Waals surface area contributed by atoms with E-state index < -0.39 is 6.04 Å². The lowest BCUT2D eigenvalue weighted by atomic mass is 9.99. The second-order valence-corrected chi connectivity index (χ2v) is 6.45. The van der Waals surface area contributed by atoms with Gasteiger partial charge in [-0.05, 0) is 49.9 Å². The lowest BCUT2D eigenvalue weighted by Gasteiger charge is -2.28. The van der Waals surface area contributed by atoms with Gasteiger partial charge in [0.25, 0.3) is 0 Å². The summed E-state index contributed by atoms with van der Waals surface area (Å²) in [5.74, 6) is 0.474. The summed E-state index contributed by atoms with van der Waals surface area (Å²) >= 11 is 0. The molecule has 0 aliphatic carbocycles. The molecule has 2 heterocycles. The smallest absolute Gasteiger partial charge is 0.243 e. The van der Waals surface area contributed by atoms with E-state index in [0.29, 0.717) is 25.3 Å². The van der Waals surface area contributed by atoms with Crippen LogP contribution in [0.25, 0.3) is 0 Å². The third-order valence-corrected chi connectivity index (χ3v) is 4.83. The summed E-state index contributed by atoms with van der Waals surface area (Å²) in [6.07, 6.45) is 3.33. The van der Waals surface area contributed by atoms with Crippen molar-refractivity contribution in [1.29, 1.82) is 0 Å². The average molecular weight is 315 g/mol. The Balaban J connectivity index is 1.67. The molecule has 0 aromatic heterocycles. The predicted octanol–water partition coefficient (Wildman–Crippen LogP) is 1.47. The molecule has 3 rings (SSSR count). The van der Waals surface area contributed by atoms with E-state index in [1.54, 1.807) is 4.90 Å². The fourth-order valence-electron chi connectivity index (χ4n) is 3.57. The van der Waals surface area contributed by atoms with Crippen LogP contribution in [-0.4, -0.2) is 37.5 Å². The van der Waals surface area contributed by atoms with Crippen LogP contribution in [-0.2, 0) is 16.0 Å². The molecule has 0 saturated carbocycles. The van der Waals surface area contributed by atoms with E-state index in [9.17, 15) is 9.59 Å². The van der Waals surface area contributed by atoms with E-state index in [1.165, 1.54) is 0 Å². The van der Waals surface area contributed by atoms with Crippen molar-refractivity contribution < 1.29 is 9.59 Å². The molecule has 1 unspecified atom stereocenters. The highest BCUT2D eigenvalue weighted by atomic mass is 16.2. The van der Waals surface area contributed by atoms with Gasteiger partial charge < -0.3 is 10.6 Å². The zero-order chi connectivity index (χ0) is 16.2. The molecule has 124 valence electrons. The number of benzene rings is 1. The molecule has 2 atom stereocenters. The highest BCUT2D eigenvalue weighted by molar-refractivity contribution is 6.06. The van der Waals surface area contributed by atoms with Gasteiger partial charge in [-0.25, -0.2) is 0 Å². The first-order valence-electron chi connectivity index (χ1n) is 8.59. The Morgan fingerprint density at radius 3 is 3.00 bits per heavy atom. The van der Waals surface area contributed by atoms with Crippen LogP contribution in [0, 0.1) is 5.92 Å². The molecule has 0 bridgehead atoms. The van der Waals surface area contributed by atoms with Crippen molar-refractivity contribution >= 4 is 17.5 Å². The summed E-state index contributed by atoms with van der Waals surface area (Å²) in [5, 5.41) is 6.42. The van der Waals surface area contributed by atoms with Gasteiger partial charge in [-0.2, -0.15) is 0 Å². The Kier molecular flexibility index (Phi) is 4.96. The Morgan fingerprint density at radius 1 is 1.43 bits per heavy atom. The van der Waals surface area contributed by atoms with Gasteiger partial charge in [-0.1, -0.05) is 25.1 Å². The fraction of sp³-hybridized carbons (Fsp3) is 0.556. The summed E-state index contributed by atoms with van der Waals surface area (Å²) < 4.78 is 0. The van der Waals surface area contributed by atoms with Crippen molar-refractivity contribution in [3.8, 4) is 0 Å². The number of carbonyl (C=O) groups excluding carboxylic acids is 2. The van der Waals surface area contributed by atoms with Gasteiger partial charge in [-0.3, -0.25) is 14.5 Å². The van der Waals surface area contributed by atoms with Crippen LogP contribution in [0.2, 0.25) is 0 Å². The van der Waals surface area contributed by atoms with Crippen molar-refractivity contribution in [2.75, 3.05) is 24.5 Å². The number of piperidine rings is 1. The molecule has 23 heavy (non-hydrogen) atoms. The van der Waals surface area contributed by atoms with Gasteiger partial charge in [0.1, 0.15) is 6.04 Å². The maximum absolute atomic E-state index is 12.6. The van der Waals surface area contributed by atoms with Gasteiger partial charge in [-0.15, -0.1) is 0 Å². The number of hydrogen-bond acceptors (Lipinski definition) is 3. The first kappa shape index (κ1) is 16.0. The van der Waals surface area contributed by atoms with E-state index in [4.69, 9.17) is 0 Å².